The molecule has 1 amide bonds. The Morgan fingerprint density at radius 2 is 1.93 bits per heavy atom. The molecule has 1 N–H and O–H groups in total. The maximum absolute atomic E-state index is 12.3. The Balaban J connectivity index is 1.26. The topological polar surface area (TPSA) is 63.7 Å². The number of ether oxygens (including phenoxy) is 2. The second kappa shape index (κ2) is 9.39. The van der Waals surface area contributed by atoms with Crippen molar-refractivity contribution in [2.45, 2.75) is 45.1 Å². The molecule has 1 saturated heterocycles. The lowest BCUT2D eigenvalue weighted by Gasteiger charge is -2.25. The summed E-state index contributed by atoms with van der Waals surface area (Å²) in [5.41, 5.74) is 2.12. The van der Waals surface area contributed by atoms with Crippen molar-refractivity contribution in [3.63, 3.8) is 0 Å². The summed E-state index contributed by atoms with van der Waals surface area (Å²) >= 11 is 1.50. The van der Waals surface area contributed by atoms with Gasteiger partial charge in [-0.15, -0.1) is 11.3 Å². The number of hydrogen-bond acceptors (Lipinski definition) is 6. The van der Waals surface area contributed by atoms with Crippen LogP contribution in [0.15, 0.2) is 23.6 Å². The van der Waals surface area contributed by atoms with Gasteiger partial charge in [-0.05, 0) is 50.0 Å². The molecule has 0 bridgehead atoms. The quantitative estimate of drug-likeness (QED) is 0.796. The van der Waals surface area contributed by atoms with Gasteiger partial charge in [-0.25, -0.2) is 4.98 Å². The normalized spacial score (nSPS) is 17.1. The number of carbonyl (C=O) groups excluding carboxylic acids is 1. The monoisotopic (exact) mass is 401 g/mol. The molecule has 0 aliphatic carbocycles. The number of rotatable bonds is 6. The molecule has 3 heterocycles. The van der Waals surface area contributed by atoms with Gasteiger partial charge in [0.1, 0.15) is 0 Å². The van der Waals surface area contributed by atoms with Crippen LogP contribution in [0, 0.1) is 0 Å². The SMILES string of the molecule is O=C(CCc1ccc2c(c1)OCCCO2)Nc1nc(CN2CCCCC2)cs1. The van der Waals surface area contributed by atoms with Crippen molar-refractivity contribution in [1.29, 1.82) is 0 Å². The molecule has 0 saturated carbocycles. The first-order valence-electron chi connectivity index (χ1n) is 10.1. The van der Waals surface area contributed by atoms with Gasteiger partial charge in [-0.1, -0.05) is 12.5 Å². The fourth-order valence-corrected chi connectivity index (χ4v) is 4.30. The van der Waals surface area contributed by atoms with E-state index in [1.165, 1.54) is 30.6 Å². The van der Waals surface area contributed by atoms with Gasteiger partial charge in [-0.3, -0.25) is 9.69 Å². The Bertz CT molecular complexity index is 802. The van der Waals surface area contributed by atoms with Crippen LogP contribution in [0.2, 0.25) is 0 Å². The van der Waals surface area contributed by atoms with Gasteiger partial charge in [0.2, 0.25) is 5.91 Å². The summed E-state index contributed by atoms with van der Waals surface area (Å²) in [5.74, 6) is 1.55. The van der Waals surface area contributed by atoms with E-state index in [-0.39, 0.29) is 5.91 Å². The van der Waals surface area contributed by atoms with Gasteiger partial charge >= 0.3 is 0 Å². The van der Waals surface area contributed by atoms with Crippen LogP contribution in [0.25, 0.3) is 0 Å². The number of hydrogen-bond donors (Lipinski definition) is 1. The smallest absolute Gasteiger partial charge is 0.226 e. The molecule has 1 fully saturated rings. The number of anilines is 1. The molecule has 7 heteroatoms. The van der Waals surface area contributed by atoms with Crippen LogP contribution in [0.5, 0.6) is 11.5 Å². The number of piperidine rings is 1. The summed E-state index contributed by atoms with van der Waals surface area (Å²) in [4.78, 5) is 19.3. The third-order valence-corrected chi connectivity index (χ3v) is 5.89. The average Bonchev–Trinajstić information content (AvgIpc) is 3.00. The van der Waals surface area contributed by atoms with Crippen LogP contribution in [-0.4, -0.2) is 42.1 Å². The summed E-state index contributed by atoms with van der Waals surface area (Å²) in [6, 6.07) is 5.91. The Labute approximate surface area is 169 Å². The zero-order valence-electron chi connectivity index (χ0n) is 16.1. The van der Waals surface area contributed by atoms with Crippen molar-refractivity contribution in [3.8, 4) is 11.5 Å². The molecule has 4 rings (SSSR count). The first-order chi connectivity index (χ1) is 13.8. The third kappa shape index (κ3) is 5.23. The molecule has 2 aromatic rings. The van der Waals surface area contributed by atoms with E-state index in [9.17, 15) is 4.79 Å². The van der Waals surface area contributed by atoms with E-state index in [1.807, 2.05) is 23.6 Å². The predicted octanol–water partition coefficient (Wildman–Crippen LogP) is 3.86. The van der Waals surface area contributed by atoms with Gasteiger partial charge in [0, 0.05) is 24.8 Å². The van der Waals surface area contributed by atoms with Crippen LogP contribution in [0.4, 0.5) is 5.13 Å². The van der Waals surface area contributed by atoms with Crippen LogP contribution < -0.4 is 14.8 Å². The number of nitrogens with zero attached hydrogens (tertiary/aromatic N) is 2. The van der Waals surface area contributed by atoms with E-state index < -0.39 is 0 Å². The minimum absolute atomic E-state index is 0.00835. The summed E-state index contributed by atoms with van der Waals surface area (Å²) in [5, 5.41) is 5.68. The molecule has 0 atom stereocenters. The van der Waals surface area contributed by atoms with Gasteiger partial charge < -0.3 is 14.8 Å². The molecule has 2 aliphatic rings. The summed E-state index contributed by atoms with van der Waals surface area (Å²) in [7, 11) is 0. The lowest BCUT2D eigenvalue weighted by Crippen LogP contribution is -2.29. The number of likely N-dealkylation sites (tertiary alicyclic amines) is 1. The van der Waals surface area contributed by atoms with Gasteiger partial charge in [0.25, 0.3) is 0 Å². The number of fused-ring (bicyclic) bond motifs is 1. The molecular formula is C21H27N3O3S. The minimum atomic E-state index is -0.00835. The molecule has 1 aromatic carbocycles. The molecule has 0 spiro atoms. The highest BCUT2D eigenvalue weighted by molar-refractivity contribution is 7.13. The Morgan fingerprint density at radius 1 is 1.11 bits per heavy atom. The van der Waals surface area contributed by atoms with E-state index >= 15 is 0 Å². The Hall–Kier alpha value is -2.12. The standard InChI is InChI=1S/C21H27N3O3S/c25-20(8-6-16-5-7-18-19(13-16)27-12-4-11-26-18)23-21-22-17(15-28-21)14-24-9-2-1-3-10-24/h5,7,13,15H,1-4,6,8-12,14H2,(H,22,23,25). The number of amides is 1. The van der Waals surface area contributed by atoms with E-state index in [1.54, 1.807) is 0 Å². The maximum atomic E-state index is 12.3. The lowest BCUT2D eigenvalue weighted by molar-refractivity contribution is -0.116. The molecule has 150 valence electrons. The molecule has 2 aliphatic heterocycles. The van der Waals surface area contributed by atoms with E-state index in [2.05, 4.69) is 15.2 Å². The number of thiazole rings is 1. The van der Waals surface area contributed by atoms with E-state index in [4.69, 9.17) is 9.47 Å². The van der Waals surface area contributed by atoms with Crippen LogP contribution in [-0.2, 0) is 17.8 Å². The van der Waals surface area contributed by atoms with Gasteiger partial charge in [-0.2, -0.15) is 0 Å². The van der Waals surface area contributed by atoms with Crippen LogP contribution >= 0.6 is 11.3 Å². The largest absolute Gasteiger partial charge is 0.490 e. The van der Waals surface area contributed by atoms with Crippen molar-refractivity contribution in [2.75, 3.05) is 31.6 Å². The van der Waals surface area contributed by atoms with Gasteiger partial charge in [0.05, 0.1) is 18.9 Å². The predicted molar refractivity (Wildman–Crippen MR) is 110 cm³/mol. The lowest BCUT2D eigenvalue weighted by atomic mass is 10.1. The Kier molecular flexibility index (Phi) is 6.44. The third-order valence-electron chi connectivity index (χ3n) is 5.09. The number of carbonyl (C=O) groups is 1. The second-order valence-electron chi connectivity index (χ2n) is 7.36. The molecular weight excluding hydrogens is 374 g/mol. The zero-order valence-corrected chi connectivity index (χ0v) is 16.9. The fourth-order valence-electron chi connectivity index (χ4n) is 3.59. The van der Waals surface area contributed by atoms with E-state index in [0.29, 0.717) is 31.2 Å². The average molecular weight is 402 g/mol. The van der Waals surface area contributed by atoms with E-state index in [0.717, 1.165) is 48.8 Å². The highest BCUT2D eigenvalue weighted by Gasteiger charge is 2.14. The molecule has 0 unspecified atom stereocenters. The number of benzene rings is 1. The second-order valence-corrected chi connectivity index (χ2v) is 8.22. The first kappa shape index (κ1) is 19.2. The summed E-state index contributed by atoms with van der Waals surface area (Å²) in [6.45, 7) is 4.52. The van der Waals surface area contributed by atoms with Gasteiger partial charge in [0.15, 0.2) is 16.6 Å². The zero-order chi connectivity index (χ0) is 19.2. The van der Waals surface area contributed by atoms with Crippen molar-refractivity contribution in [3.05, 3.63) is 34.8 Å². The number of nitrogens with one attached hydrogen (secondary N) is 1. The molecule has 0 radical (unpaired) electrons. The fraction of sp³-hybridized carbons (Fsp3) is 0.524. The molecule has 28 heavy (non-hydrogen) atoms. The van der Waals surface area contributed by atoms with Crippen molar-refractivity contribution in [2.24, 2.45) is 0 Å². The maximum Gasteiger partial charge on any atom is 0.226 e. The highest BCUT2D eigenvalue weighted by atomic mass is 32.1. The van der Waals surface area contributed by atoms with Crippen LogP contribution in [0.3, 0.4) is 0 Å². The van der Waals surface area contributed by atoms with Crippen molar-refractivity contribution >= 4 is 22.4 Å². The minimum Gasteiger partial charge on any atom is -0.490 e. The highest BCUT2D eigenvalue weighted by Crippen LogP contribution is 2.30. The number of aryl methyl sites for hydroxylation is 1. The van der Waals surface area contributed by atoms with Crippen molar-refractivity contribution < 1.29 is 14.3 Å². The molecule has 1 aromatic heterocycles. The number of aromatic nitrogens is 1. The summed E-state index contributed by atoms with van der Waals surface area (Å²) < 4.78 is 11.4. The first-order valence-corrected chi connectivity index (χ1v) is 11.0. The summed E-state index contributed by atoms with van der Waals surface area (Å²) in [6.07, 6.45) is 5.84. The Morgan fingerprint density at radius 3 is 2.79 bits per heavy atom. The molecule has 6 nitrogen and oxygen atoms in total. The van der Waals surface area contributed by atoms with Crippen molar-refractivity contribution in [1.82, 2.24) is 9.88 Å². The van der Waals surface area contributed by atoms with Crippen LogP contribution in [0.1, 0.15) is 43.4 Å².